The Morgan fingerprint density at radius 3 is 3.20 bits per heavy atom. The highest BCUT2D eigenvalue weighted by molar-refractivity contribution is 5.45. The Balaban J connectivity index is 2.18. The lowest BCUT2D eigenvalue weighted by Gasteiger charge is -2.30. The summed E-state index contributed by atoms with van der Waals surface area (Å²) in [5.74, 6) is 0.785. The van der Waals surface area contributed by atoms with Crippen LogP contribution < -0.4 is 4.90 Å². The van der Waals surface area contributed by atoms with Crippen molar-refractivity contribution in [2.24, 2.45) is 0 Å². The molecular weight excluding hydrogens is 190 g/mol. The maximum Gasteiger partial charge on any atom is 0.129 e. The standard InChI is InChI=1S/C11H13N3O/c12-7-9-3-4-13-11(6-9)14-5-1-2-10(15)8-14/h3-4,6,10,15H,1-2,5,8H2/t10-/m0/s1. The molecule has 1 aliphatic rings. The van der Waals surface area contributed by atoms with Gasteiger partial charge < -0.3 is 10.0 Å². The molecule has 1 N–H and O–H groups in total. The molecular formula is C11H13N3O. The zero-order valence-corrected chi connectivity index (χ0v) is 8.43. The van der Waals surface area contributed by atoms with E-state index >= 15 is 0 Å². The van der Waals surface area contributed by atoms with Gasteiger partial charge in [0.1, 0.15) is 5.82 Å². The Morgan fingerprint density at radius 1 is 1.60 bits per heavy atom. The fourth-order valence-electron chi connectivity index (χ4n) is 1.82. The van der Waals surface area contributed by atoms with E-state index in [0.29, 0.717) is 12.1 Å². The predicted octanol–water partition coefficient (Wildman–Crippen LogP) is 0.914. The first-order chi connectivity index (χ1) is 7.29. The summed E-state index contributed by atoms with van der Waals surface area (Å²) in [7, 11) is 0. The smallest absolute Gasteiger partial charge is 0.129 e. The van der Waals surface area contributed by atoms with Gasteiger partial charge in [-0.15, -0.1) is 0 Å². The van der Waals surface area contributed by atoms with E-state index in [0.717, 1.165) is 25.2 Å². The Kier molecular flexibility index (Phi) is 2.84. The molecule has 0 aliphatic carbocycles. The van der Waals surface area contributed by atoms with Crippen LogP contribution in [0.2, 0.25) is 0 Å². The van der Waals surface area contributed by atoms with E-state index in [9.17, 15) is 5.11 Å². The number of nitrogens with zero attached hydrogens (tertiary/aromatic N) is 3. The molecule has 2 rings (SSSR count). The van der Waals surface area contributed by atoms with Crippen LogP contribution >= 0.6 is 0 Å². The van der Waals surface area contributed by atoms with Crippen molar-refractivity contribution in [2.75, 3.05) is 18.0 Å². The Morgan fingerprint density at radius 2 is 2.47 bits per heavy atom. The van der Waals surface area contributed by atoms with Gasteiger partial charge >= 0.3 is 0 Å². The van der Waals surface area contributed by atoms with Crippen molar-refractivity contribution >= 4 is 5.82 Å². The molecule has 0 aromatic carbocycles. The number of pyridine rings is 1. The number of aliphatic hydroxyl groups is 1. The number of nitriles is 1. The normalized spacial score (nSPS) is 21.1. The molecule has 1 aromatic heterocycles. The number of aromatic nitrogens is 1. The van der Waals surface area contributed by atoms with Gasteiger partial charge in [-0.05, 0) is 25.0 Å². The average Bonchev–Trinajstić information content (AvgIpc) is 2.29. The summed E-state index contributed by atoms with van der Waals surface area (Å²) in [5.41, 5.74) is 0.611. The van der Waals surface area contributed by atoms with Gasteiger partial charge in [-0.1, -0.05) is 0 Å². The zero-order valence-electron chi connectivity index (χ0n) is 8.43. The van der Waals surface area contributed by atoms with E-state index in [-0.39, 0.29) is 6.10 Å². The molecule has 0 amide bonds. The Hall–Kier alpha value is -1.60. The largest absolute Gasteiger partial charge is 0.391 e. The topological polar surface area (TPSA) is 60.2 Å². The van der Waals surface area contributed by atoms with Crippen LogP contribution in [0.5, 0.6) is 0 Å². The van der Waals surface area contributed by atoms with Crippen LogP contribution in [0.15, 0.2) is 18.3 Å². The van der Waals surface area contributed by atoms with Crippen molar-refractivity contribution in [2.45, 2.75) is 18.9 Å². The maximum atomic E-state index is 9.53. The highest BCUT2D eigenvalue weighted by Crippen LogP contribution is 2.18. The molecule has 0 radical (unpaired) electrons. The highest BCUT2D eigenvalue weighted by atomic mass is 16.3. The average molecular weight is 203 g/mol. The minimum atomic E-state index is -0.272. The van der Waals surface area contributed by atoms with E-state index in [4.69, 9.17) is 5.26 Å². The minimum Gasteiger partial charge on any atom is -0.391 e. The quantitative estimate of drug-likeness (QED) is 0.737. The van der Waals surface area contributed by atoms with Gasteiger partial charge in [-0.25, -0.2) is 4.98 Å². The van der Waals surface area contributed by atoms with Gasteiger partial charge in [0.05, 0.1) is 17.7 Å². The number of hydrogen-bond donors (Lipinski definition) is 1. The Bertz CT molecular complexity index is 386. The van der Waals surface area contributed by atoms with Crippen molar-refractivity contribution < 1.29 is 5.11 Å². The number of hydrogen-bond acceptors (Lipinski definition) is 4. The SMILES string of the molecule is N#Cc1ccnc(N2CCC[C@H](O)C2)c1. The van der Waals surface area contributed by atoms with Gasteiger partial charge in [0.25, 0.3) is 0 Å². The summed E-state index contributed by atoms with van der Waals surface area (Å²) < 4.78 is 0. The summed E-state index contributed by atoms with van der Waals surface area (Å²) >= 11 is 0. The molecule has 0 saturated carbocycles. The lowest BCUT2D eigenvalue weighted by molar-refractivity contribution is 0.154. The van der Waals surface area contributed by atoms with Gasteiger partial charge in [0.15, 0.2) is 0 Å². The molecule has 2 heterocycles. The maximum absolute atomic E-state index is 9.53. The molecule has 1 atom stereocenters. The van der Waals surface area contributed by atoms with Gasteiger partial charge in [-0.3, -0.25) is 0 Å². The van der Waals surface area contributed by atoms with Crippen LogP contribution in [0.25, 0.3) is 0 Å². The number of aliphatic hydroxyl groups excluding tert-OH is 1. The number of rotatable bonds is 1. The third-order valence-corrected chi connectivity index (χ3v) is 2.60. The van der Waals surface area contributed by atoms with Gasteiger partial charge in [0, 0.05) is 19.3 Å². The summed E-state index contributed by atoms with van der Waals surface area (Å²) in [5, 5.41) is 18.3. The van der Waals surface area contributed by atoms with E-state index in [2.05, 4.69) is 11.1 Å². The molecule has 1 aromatic rings. The van der Waals surface area contributed by atoms with Crippen LogP contribution in [0.4, 0.5) is 5.82 Å². The van der Waals surface area contributed by atoms with Crippen molar-refractivity contribution in [1.82, 2.24) is 4.98 Å². The summed E-state index contributed by atoms with van der Waals surface area (Å²) in [6.45, 7) is 1.51. The van der Waals surface area contributed by atoms with E-state index in [1.165, 1.54) is 0 Å². The lowest BCUT2D eigenvalue weighted by Crippen LogP contribution is -2.38. The highest BCUT2D eigenvalue weighted by Gasteiger charge is 2.18. The van der Waals surface area contributed by atoms with Crippen LogP contribution in [0.1, 0.15) is 18.4 Å². The van der Waals surface area contributed by atoms with Crippen LogP contribution in [-0.2, 0) is 0 Å². The first-order valence-electron chi connectivity index (χ1n) is 5.09. The zero-order chi connectivity index (χ0) is 10.7. The van der Waals surface area contributed by atoms with Crippen LogP contribution in [0, 0.1) is 11.3 Å². The summed E-state index contributed by atoms with van der Waals surface area (Å²) in [6, 6.07) is 5.53. The fourth-order valence-corrected chi connectivity index (χ4v) is 1.82. The third-order valence-electron chi connectivity index (χ3n) is 2.60. The summed E-state index contributed by atoms with van der Waals surface area (Å²) in [6.07, 6.45) is 3.19. The van der Waals surface area contributed by atoms with E-state index in [1.807, 2.05) is 4.90 Å². The molecule has 1 fully saturated rings. The van der Waals surface area contributed by atoms with Crippen molar-refractivity contribution in [3.05, 3.63) is 23.9 Å². The molecule has 1 saturated heterocycles. The van der Waals surface area contributed by atoms with Gasteiger partial charge in [0.2, 0.25) is 0 Å². The molecule has 4 nitrogen and oxygen atoms in total. The van der Waals surface area contributed by atoms with E-state index < -0.39 is 0 Å². The molecule has 0 spiro atoms. The number of β-amino-alcohol motifs (C(OH)–C–C–N with tert-alkyl or cyclic N) is 1. The molecule has 15 heavy (non-hydrogen) atoms. The second-order valence-electron chi connectivity index (χ2n) is 3.76. The second kappa shape index (κ2) is 4.28. The van der Waals surface area contributed by atoms with Crippen molar-refractivity contribution in [3.63, 3.8) is 0 Å². The third kappa shape index (κ3) is 2.25. The van der Waals surface area contributed by atoms with Gasteiger partial charge in [-0.2, -0.15) is 5.26 Å². The van der Waals surface area contributed by atoms with Crippen LogP contribution in [0.3, 0.4) is 0 Å². The summed E-state index contributed by atoms with van der Waals surface area (Å²) in [4.78, 5) is 6.23. The monoisotopic (exact) mass is 203 g/mol. The fraction of sp³-hybridized carbons (Fsp3) is 0.455. The number of piperidine rings is 1. The first-order valence-corrected chi connectivity index (χ1v) is 5.09. The lowest BCUT2D eigenvalue weighted by atomic mass is 10.1. The molecule has 78 valence electrons. The molecule has 0 unspecified atom stereocenters. The molecule has 0 bridgehead atoms. The van der Waals surface area contributed by atoms with Crippen LogP contribution in [-0.4, -0.2) is 29.3 Å². The number of anilines is 1. The van der Waals surface area contributed by atoms with Crippen molar-refractivity contribution in [1.29, 1.82) is 5.26 Å². The second-order valence-corrected chi connectivity index (χ2v) is 3.76. The first kappa shape index (κ1) is 9.94. The van der Waals surface area contributed by atoms with Crippen molar-refractivity contribution in [3.8, 4) is 6.07 Å². The molecule has 4 heteroatoms. The Labute approximate surface area is 88.8 Å². The van der Waals surface area contributed by atoms with E-state index in [1.54, 1.807) is 18.3 Å². The predicted molar refractivity (Wildman–Crippen MR) is 56.4 cm³/mol. The minimum absolute atomic E-state index is 0.272. The molecule has 1 aliphatic heterocycles.